The third-order valence-electron chi connectivity index (χ3n) is 1.83. The van der Waals surface area contributed by atoms with E-state index in [0.717, 1.165) is 11.5 Å². The Morgan fingerprint density at radius 2 is 2.40 bits per heavy atom. The van der Waals surface area contributed by atoms with Gasteiger partial charge >= 0.3 is 0 Å². The number of hydrogen-bond acceptors (Lipinski definition) is 2. The molecular weight excluding hydrogens is 128 g/mol. The van der Waals surface area contributed by atoms with Crippen LogP contribution in [0.3, 0.4) is 0 Å². The molecule has 1 aliphatic carbocycles. The molecule has 54 valence electrons. The van der Waals surface area contributed by atoms with Crippen LogP contribution in [-0.2, 0) is 0 Å². The second-order valence-electron chi connectivity index (χ2n) is 2.63. The van der Waals surface area contributed by atoms with Crippen LogP contribution in [-0.4, -0.2) is 7.11 Å². The van der Waals surface area contributed by atoms with Gasteiger partial charge in [0.1, 0.15) is 5.76 Å². The van der Waals surface area contributed by atoms with Gasteiger partial charge in [-0.05, 0) is 12.8 Å². The number of rotatable bonds is 2. The summed E-state index contributed by atoms with van der Waals surface area (Å²) in [5, 5.41) is 0. The van der Waals surface area contributed by atoms with Gasteiger partial charge < -0.3 is 9.15 Å². The summed E-state index contributed by atoms with van der Waals surface area (Å²) in [6.45, 7) is 0. The van der Waals surface area contributed by atoms with Crippen LogP contribution in [0.4, 0.5) is 0 Å². The lowest BCUT2D eigenvalue weighted by Gasteiger charge is -1.96. The number of hydrogen-bond donors (Lipinski definition) is 0. The maximum atomic E-state index is 5.25. The van der Waals surface area contributed by atoms with Gasteiger partial charge in [-0.3, -0.25) is 0 Å². The van der Waals surface area contributed by atoms with Gasteiger partial charge in [0.25, 0.3) is 0 Å². The summed E-state index contributed by atoms with van der Waals surface area (Å²) in [7, 11) is 1.68. The molecule has 0 aromatic carbocycles. The van der Waals surface area contributed by atoms with E-state index in [0.29, 0.717) is 5.92 Å². The standard InChI is InChI=1S/C8H10O2/c1-9-7-4-5-10-8(7)6-2-3-6/h4-6H,2-3H2,1H3. The zero-order valence-corrected chi connectivity index (χ0v) is 5.96. The summed E-state index contributed by atoms with van der Waals surface area (Å²) in [5.41, 5.74) is 0. The van der Waals surface area contributed by atoms with Crippen molar-refractivity contribution in [1.29, 1.82) is 0 Å². The Bertz CT molecular complexity index is 223. The Balaban J connectivity index is 2.28. The van der Waals surface area contributed by atoms with E-state index in [9.17, 15) is 0 Å². The third-order valence-corrected chi connectivity index (χ3v) is 1.83. The normalized spacial score (nSPS) is 17.3. The first-order valence-corrected chi connectivity index (χ1v) is 3.53. The SMILES string of the molecule is COc1ccoc1C1CC1. The first kappa shape index (κ1) is 5.83. The minimum atomic E-state index is 0.643. The maximum absolute atomic E-state index is 5.25. The van der Waals surface area contributed by atoms with Crippen molar-refractivity contribution in [3.05, 3.63) is 18.1 Å². The van der Waals surface area contributed by atoms with Crippen LogP contribution < -0.4 is 4.74 Å². The van der Waals surface area contributed by atoms with E-state index in [2.05, 4.69) is 0 Å². The minimum Gasteiger partial charge on any atom is -0.493 e. The van der Waals surface area contributed by atoms with Gasteiger partial charge in [0.05, 0.1) is 13.4 Å². The largest absolute Gasteiger partial charge is 0.493 e. The number of ether oxygens (including phenoxy) is 1. The molecule has 2 rings (SSSR count). The molecule has 0 amide bonds. The topological polar surface area (TPSA) is 22.4 Å². The highest BCUT2D eigenvalue weighted by Crippen LogP contribution is 2.44. The van der Waals surface area contributed by atoms with Gasteiger partial charge in [0.15, 0.2) is 5.75 Å². The highest BCUT2D eigenvalue weighted by Gasteiger charge is 2.29. The van der Waals surface area contributed by atoms with Gasteiger partial charge in [-0.15, -0.1) is 0 Å². The lowest BCUT2D eigenvalue weighted by atomic mass is 10.3. The van der Waals surface area contributed by atoms with Crippen LogP contribution in [0.25, 0.3) is 0 Å². The predicted molar refractivity (Wildman–Crippen MR) is 37.2 cm³/mol. The lowest BCUT2D eigenvalue weighted by molar-refractivity contribution is 0.391. The molecule has 0 N–H and O–H groups in total. The molecule has 0 spiro atoms. The minimum absolute atomic E-state index is 0.643. The molecule has 0 bridgehead atoms. The van der Waals surface area contributed by atoms with Crippen LogP contribution in [0.5, 0.6) is 5.75 Å². The first-order valence-electron chi connectivity index (χ1n) is 3.53. The number of methoxy groups -OCH3 is 1. The zero-order valence-electron chi connectivity index (χ0n) is 5.96. The number of furan rings is 1. The first-order chi connectivity index (χ1) is 4.92. The molecule has 2 heteroatoms. The monoisotopic (exact) mass is 138 g/mol. The summed E-state index contributed by atoms with van der Waals surface area (Å²) in [5.74, 6) is 2.58. The molecule has 1 saturated carbocycles. The molecular formula is C8H10O2. The van der Waals surface area contributed by atoms with E-state index < -0.39 is 0 Å². The van der Waals surface area contributed by atoms with Crippen LogP contribution in [0.2, 0.25) is 0 Å². The molecule has 1 aromatic rings. The molecule has 10 heavy (non-hydrogen) atoms. The van der Waals surface area contributed by atoms with E-state index in [-0.39, 0.29) is 0 Å². The summed E-state index contributed by atoms with van der Waals surface area (Å²) in [4.78, 5) is 0. The third kappa shape index (κ3) is 0.801. The zero-order chi connectivity index (χ0) is 6.97. The highest BCUT2D eigenvalue weighted by molar-refractivity contribution is 5.30. The molecule has 1 heterocycles. The Labute approximate surface area is 59.8 Å². The van der Waals surface area contributed by atoms with Crippen molar-refractivity contribution in [3.63, 3.8) is 0 Å². The van der Waals surface area contributed by atoms with E-state index in [1.807, 2.05) is 6.07 Å². The fraction of sp³-hybridized carbons (Fsp3) is 0.500. The summed E-state index contributed by atoms with van der Waals surface area (Å²) < 4.78 is 10.3. The lowest BCUT2D eigenvalue weighted by Crippen LogP contribution is -1.83. The Morgan fingerprint density at radius 1 is 1.60 bits per heavy atom. The van der Waals surface area contributed by atoms with Gasteiger partial charge in [0, 0.05) is 12.0 Å². The van der Waals surface area contributed by atoms with Crippen LogP contribution >= 0.6 is 0 Å². The Hall–Kier alpha value is -0.920. The van der Waals surface area contributed by atoms with E-state index in [1.54, 1.807) is 13.4 Å². The quantitative estimate of drug-likeness (QED) is 0.624. The summed E-state index contributed by atoms with van der Waals surface area (Å²) in [6, 6.07) is 1.87. The highest BCUT2D eigenvalue weighted by atomic mass is 16.5. The second kappa shape index (κ2) is 2.04. The fourth-order valence-corrected chi connectivity index (χ4v) is 1.12. The van der Waals surface area contributed by atoms with Crippen LogP contribution in [0.1, 0.15) is 24.5 Å². The van der Waals surface area contributed by atoms with Crippen LogP contribution in [0, 0.1) is 0 Å². The van der Waals surface area contributed by atoms with E-state index in [1.165, 1.54) is 12.8 Å². The van der Waals surface area contributed by atoms with E-state index >= 15 is 0 Å². The molecule has 1 aromatic heterocycles. The van der Waals surface area contributed by atoms with Crippen molar-refractivity contribution >= 4 is 0 Å². The maximum Gasteiger partial charge on any atom is 0.160 e. The Morgan fingerprint density at radius 3 is 3.00 bits per heavy atom. The van der Waals surface area contributed by atoms with Crippen molar-refractivity contribution in [1.82, 2.24) is 0 Å². The molecule has 1 fully saturated rings. The molecule has 0 aliphatic heterocycles. The fourth-order valence-electron chi connectivity index (χ4n) is 1.12. The van der Waals surface area contributed by atoms with Gasteiger partial charge in [-0.1, -0.05) is 0 Å². The molecule has 0 unspecified atom stereocenters. The van der Waals surface area contributed by atoms with Gasteiger partial charge in [-0.2, -0.15) is 0 Å². The predicted octanol–water partition coefficient (Wildman–Crippen LogP) is 2.17. The summed E-state index contributed by atoms with van der Waals surface area (Å²) in [6.07, 6.45) is 4.19. The van der Waals surface area contributed by atoms with Crippen LogP contribution in [0.15, 0.2) is 16.7 Å². The molecule has 0 saturated heterocycles. The summed E-state index contributed by atoms with van der Waals surface area (Å²) >= 11 is 0. The molecule has 0 radical (unpaired) electrons. The van der Waals surface area contributed by atoms with Crippen molar-refractivity contribution < 1.29 is 9.15 Å². The van der Waals surface area contributed by atoms with Crippen molar-refractivity contribution in [2.24, 2.45) is 0 Å². The van der Waals surface area contributed by atoms with Crippen molar-refractivity contribution in [2.75, 3.05) is 7.11 Å². The average molecular weight is 138 g/mol. The van der Waals surface area contributed by atoms with E-state index in [4.69, 9.17) is 9.15 Å². The smallest absolute Gasteiger partial charge is 0.160 e. The molecule has 0 atom stereocenters. The van der Waals surface area contributed by atoms with Crippen molar-refractivity contribution in [3.8, 4) is 5.75 Å². The molecule has 1 aliphatic rings. The van der Waals surface area contributed by atoms with Crippen molar-refractivity contribution in [2.45, 2.75) is 18.8 Å². The average Bonchev–Trinajstić information content (AvgIpc) is 2.69. The molecule has 2 nitrogen and oxygen atoms in total. The van der Waals surface area contributed by atoms with Gasteiger partial charge in [-0.25, -0.2) is 0 Å². The van der Waals surface area contributed by atoms with Gasteiger partial charge in [0.2, 0.25) is 0 Å². The Kier molecular flexibility index (Phi) is 1.19. The second-order valence-corrected chi connectivity index (χ2v) is 2.63.